The van der Waals surface area contributed by atoms with Crippen molar-refractivity contribution in [1.29, 1.82) is 0 Å². The Morgan fingerprint density at radius 2 is 2.47 bits per heavy atom. The van der Waals surface area contributed by atoms with Gasteiger partial charge in [0.05, 0.1) is 12.7 Å². The van der Waals surface area contributed by atoms with Crippen molar-refractivity contribution in [3.63, 3.8) is 0 Å². The van der Waals surface area contributed by atoms with Gasteiger partial charge in [0.25, 0.3) is 0 Å². The van der Waals surface area contributed by atoms with Gasteiger partial charge in [0, 0.05) is 0 Å². The molecular formula is C7H8ClN5S2. The van der Waals surface area contributed by atoms with Crippen LogP contribution >= 0.6 is 34.7 Å². The van der Waals surface area contributed by atoms with E-state index in [4.69, 9.17) is 11.6 Å². The summed E-state index contributed by atoms with van der Waals surface area (Å²) in [5.74, 6) is 0. The third-order valence-electron chi connectivity index (χ3n) is 1.49. The Balaban J connectivity index is 2.04. The molecule has 80 valence electrons. The first-order valence-corrected chi connectivity index (χ1v) is 6.36. The maximum Gasteiger partial charge on any atom is 0.238 e. The van der Waals surface area contributed by atoms with E-state index in [1.165, 1.54) is 23.1 Å². The van der Waals surface area contributed by atoms with Crippen molar-refractivity contribution in [3.05, 3.63) is 10.5 Å². The lowest BCUT2D eigenvalue weighted by atomic mass is 10.5. The fourth-order valence-corrected chi connectivity index (χ4v) is 2.85. The number of aromatic nitrogens is 5. The van der Waals surface area contributed by atoms with Crippen LogP contribution in [0.2, 0.25) is 4.34 Å². The summed E-state index contributed by atoms with van der Waals surface area (Å²) in [4.78, 5) is 5.68. The van der Waals surface area contributed by atoms with E-state index in [1.807, 2.05) is 0 Å². The van der Waals surface area contributed by atoms with E-state index in [2.05, 4.69) is 27.3 Å². The minimum Gasteiger partial charge on any atom is -0.236 e. The predicted molar refractivity (Wildman–Crippen MR) is 59.4 cm³/mol. The van der Waals surface area contributed by atoms with Crippen LogP contribution in [0.15, 0.2) is 15.7 Å². The number of nitrogens with zero attached hydrogens (tertiary/aromatic N) is 5. The molecule has 0 aliphatic carbocycles. The minimum absolute atomic E-state index is 0.606. The smallest absolute Gasteiger partial charge is 0.236 e. The largest absolute Gasteiger partial charge is 0.238 e. The van der Waals surface area contributed by atoms with Gasteiger partial charge in [0.15, 0.2) is 4.34 Å². The molecule has 0 atom stereocenters. The summed E-state index contributed by atoms with van der Waals surface area (Å²) in [6.45, 7) is 2.85. The Kier molecular flexibility index (Phi) is 3.55. The average Bonchev–Trinajstić information content (AvgIpc) is 2.78. The molecular weight excluding hydrogens is 254 g/mol. The molecule has 2 aromatic heterocycles. The Hall–Kier alpha value is -0.660. The molecule has 0 saturated heterocycles. The van der Waals surface area contributed by atoms with Gasteiger partial charge >= 0.3 is 0 Å². The second kappa shape index (κ2) is 4.91. The van der Waals surface area contributed by atoms with Crippen molar-refractivity contribution in [1.82, 2.24) is 25.2 Å². The van der Waals surface area contributed by atoms with Crippen LogP contribution in [0, 0.1) is 0 Å². The van der Waals surface area contributed by atoms with Gasteiger partial charge in [-0.2, -0.15) is 4.80 Å². The second-order valence-electron chi connectivity index (χ2n) is 2.70. The van der Waals surface area contributed by atoms with Crippen LogP contribution in [0.1, 0.15) is 13.3 Å². The topological polar surface area (TPSA) is 56.5 Å². The van der Waals surface area contributed by atoms with Gasteiger partial charge in [-0.05, 0) is 23.4 Å². The lowest BCUT2D eigenvalue weighted by Crippen LogP contribution is -2.00. The number of rotatable bonds is 4. The third-order valence-corrected chi connectivity index (χ3v) is 3.53. The summed E-state index contributed by atoms with van der Waals surface area (Å²) in [5.41, 5.74) is 0. The summed E-state index contributed by atoms with van der Waals surface area (Å²) >= 11 is 8.54. The highest BCUT2D eigenvalue weighted by Crippen LogP contribution is 2.30. The standard InChI is InChI=1S/C7H8ClN5S2/c1-2-3-13-11-6(10-12-13)15-7-9-4-5(8)14-7/h4H,2-3H2,1H3. The highest BCUT2D eigenvalue weighted by molar-refractivity contribution is 8.00. The molecule has 5 nitrogen and oxygen atoms in total. The molecule has 2 rings (SSSR count). The Bertz CT molecular complexity index is 440. The van der Waals surface area contributed by atoms with Crippen molar-refractivity contribution in [3.8, 4) is 0 Å². The zero-order chi connectivity index (χ0) is 10.7. The average molecular weight is 262 g/mol. The van der Waals surface area contributed by atoms with Crippen LogP contribution in [0.4, 0.5) is 0 Å². The van der Waals surface area contributed by atoms with Gasteiger partial charge in [-0.25, -0.2) is 4.98 Å². The van der Waals surface area contributed by atoms with Crippen LogP contribution in [-0.4, -0.2) is 25.2 Å². The van der Waals surface area contributed by atoms with Crippen molar-refractivity contribution in [2.45, 2.75) is 29.4 Å². The van der Waals surface area contributed by atoms with Crippen LogP contribution in [-0.2, 0) is 6.54 Å². The van der Waals surface area contributed by atoms with E-state index >= 15 is 0 Å². The minimum atomic E-state index is 0.606. The van der Waals surface area contributed by atoms with E-state index in [0.29, 0.717) is 9.49 Å². The van der Waals surface area contributed by atoms with Crippen LogP contribution in [0.3, 0.4) is 0 Å². The molecule has 0 N–H and O–H groups in total. The third kappa shape index (κ3) is 2.90. The Labute approximate surface area is 99.9 Å². The van der Waals surface area contributed by atoms with Crippen molar-refractivity contribution in [2.75, 3.05) is 0 Å². The predicted octanol–water partition coefficient (Wildman–Crippen LogP) is 2.34. The number of halogens is 1. The van der Waals surface area contributed by atoms with Gasteiger partial charge in [0.2, 0.25) is 5.16 Å². The Morgan fingerprint density at radius 3 is 3.13 bits per heavy atom. The van der Waals surface area contributed by atoms with Crippen LogP contribution in [0.25, 0.3) is 0 Å². The highest BCUT2D eigenvalue weighted by atomic mass is 35.5. The first-order chi connectivity index (χ1) is 7.28. The molecule has 0 saturated carbocycles. The molecule has 0 spiro atoms. The van der Waals surface area contributed by atoms with Crippen molar-refractivity contribution >= 4 is 34.7 Å². The molecule has 0 fully saturated rings. The number of hydrogen-bond acceptors (Lipinski definition) is 6. The van der Waals surface area contributed by atoms with E-state index in [9.17, 15) is 0 Å². The van der Waals surface area contributed by atoms with Crippen LogP contribution < -0.4 is 0 Å². The molecule has 0 amide bonds. The summed E-state index contributed by atoms with van der Waals surface area (Å²) in [7, 11) is 0. The number of aryl methyl sites for hydroxylation is 1. The van der Waals surface area contributed by atoms with Crippen molar-refractivity contribution < 1.29 is 0 Å². The molecule has 8 heteroatoms. The fraction of sp³-hybridized carbons (Fsp3) is 0.429. The van der Waals surface area contributed by atoms with Crippen LogP contribution in [0.5, 0.6) is 0 Å². The van der Waals surface area contributed by atoms with Gasteiger partial charge in [-0.15, -0.1) is 10.2 Å². The molecule has 2 aromatic rings. The summed E-state index contributed by atoms with van der Waals surface area (Å²) in [6.07, 6.45) is 2.61. The molecule has 0 bridgehead atoms. The van der Waals surface area contributed by atoms with E-state index in [1.54, 1.807) is 11.0 Å². The second-order valence-corrected chi connectivity index (χ2v) is 5.58. The van der Waals surface area contributed by atoms with Gasteiger partial charge in [-0.3, -0.25) is 0 Å². The molecule has 0 radical (unpaired) electrons. The molecule has 0 aliphatic rings. The quantitative estimate of drug-likeness (QED) is 0.846. The van der Waals surface area contributed by atoms with Gasteiger partial charge in [-0.1, -0.05) is 29.9 Å². The molecule has 0 aromatic carbocycles. The summed E-state index contributed by atoms with van der Waals surface area (Å²) in [5, 5.41) is 12.6. The normalized spacial score (nSPS) is 10.8. The van der Waals surface area contributed by atoms with Gasteiger partial charge < -0.3 is 0 Å². The summed E-state index contributed by atoms with van der Waals surface area (Å²) < 4.78 is 1.49. The monoisotopic (exact) mass is 261 g/mol. The molecule has 0 aliphatic heterocycles. The fourth-order valence-electron chi connectivity index (χ4n) is 0.929. The van der Waals surface area contributed by atoms with E-state index < -0.39 is 0 Å². The molecule has 0 unspecified atom stereocenters. The van der Waals surface area contributed by atoms with Gasteiger partial charge in [0.1, 0.15) is 4.34 Å². The number of tetrazole rings is 1. The Morgan fingerprint density at radius 1 is 1.60 bits per heavy atom. The molecule has 15 heavy (non-hydrogen) atoms. The lowest BCUT2D eigenvalue weighted by Gasteiger charge is -1.90. The maximum atomic E-state index is 5.76. The SMILES string of the molecule is CCCn1nnc(Sc2ncc(Cl)s2)n1. The highest BCUT2D eigenvalue weighted by Gasteiger charge is 2.07. The van der Waals surface area contributed by atoms with E-state index in [-0.39, 0.29) is 0 Å². The lowest BCUT2D eigenvalue weighted by molar-refractivity contribution is 0.511. The molecule has 2 heterocycles. The zero-order valence-corrected chi connectivity index (χ0v) is 10.3. The number of hydrogen-bond donors (Lipinski definition) is 0. The zero-order valence-electron chi connectivity index (χ0n) is 7.92. The summed E-state index contributed by atoms with van der Waals surface area (Å²) in [6, 6.07) is 0. The first-order valence-electron chi connectivity index (χ1n) is 4.35. The first kappa shape index (κ1) is 10.8. The van der Waals surface area contributed by atoms with E-state index in [0.717, 1.165) is 17.3 Å². The maximum absolute atomic E-state index is 5.76. The van der Waals surface area contributed by atoms with Crippen molar-refractivity contribution in [2.24, 2.45) is 0 Å². The number of thiazole rings is 1.